The zero-order chi connectivity index (χ0) is 15.4. The third-order valence-corrected chi connectivity index (χ3v) is 4.02. The SMILES string of the molecule is O=C(NCCN1CCCCC1)c1cc(=O)c2ccccc2o1. The van der Waals surface area contributed by atoms with Crippen LogP contribution in [0.2, 0.25) is 0 Å². The van der Waals surface area contributed by atoms with Gasteiger partial charge in [-0.2, -0.15) is 0 Å². The van der Waals surface area contributed by atoms with E-state index >= 15 is 0 Å². The van der Waals surface area contributed by atoms with Gasteiger partial charge in [0, 0.05) is 19.2 Å². The van der Waals surface area contributed by atoms with Crippen molar-refractivity contribution in [2.45, 2.75) is 19.3 Å². The Balaban J connectivity index is 1.63. The summed E-state index contributed by atoms with van der Waals surface area (Å²) in [6.45, 7) is 3.60. The van der Waals surface area contributed by atoms with Crippen LogP contribution in [0, 0.1) is 0 Å². The Labute approximate surface area is 128 Å². The second-order valence-corrected chi connectivity index (χ2v) is 5.63. The largest absolute Gasteiger partial charge is 0.451 e. The maximum Gasteiger partial charge on any atom is 0.287 e. The molecule has 116 valence electrons. The van der Waals surface area contributed by atoms with Crippen LogP contribution in [-0.2, 0) is 0 Å². The highest BCUT2D eigenvalue weighted by molar-refractivity contribution is 5.93. The summed E-state index contributed by atoms with van der Waals surface area (Å²) in [5.41, 5.74) is 0.249. The van der Waals surface area contributed by atoms with E-state index < -0.39 is 0 Å². The van der Waals surface area contributed by atoms with Crippen molar-refractivity contribution >= 4 is 16.9 Å². The van der Waals surface area contributed by atoms with E-state index in [0.717, 1.165) is 19.6 Å². The van der Waals surface area contributed by atoms with Crippen molar-refractivity contribution in [3.05, 3.63) is 46.3 Å². The average molecular weight is 300 g/mol. The van der Waals surface area contributed by atoms with Gasteiger partial charge in [0.25, 0.3) is 5.91 Å². The number of nitrogens with one attached hydrogen (secondary N) is 1. The first-order valence-electron chi connectivity index (χ1n) is 7.77. The van der Waals surface area contributed by atoms with Gasteiger partial charge in [-0.3, -0.25) is 9.59 Å². The maximum atomic E-state index is 12.1. The van der Waals surface area contributed by atoms with Gasteiger partial charge in [0.15, 0.2) is 11.2 Å². The summed E-state index contributed by atoms with van der Waals surface area (Å²) in [4.78, 5) is 26.4. The van der Waals surface area contributed by atoms with E-state index in [9.17, 15) is 9.59 Å². The molecule has 0 unspecified atom stereocenters. The van der Waals surface area contributed by atoms with Crippen LogP contribution in [0.25, 0.3) is 11.0 Å². The summed E-state index contributed by atoms with van der Waals surface area (Å²) in [6, 6.07) is 8.21. The Morgan fingerprint density at radius 3 is 2.77 bits per heavy atom. The molecule has 1 fully saturated rings. The standard InChI is InChI=1S/C17H20N2O3/c20-14-12-16(22-15-7-3-2-6-13(14)15)17(21)18-8-11-19-9-4-1-5-10-19/h2-3,6-7,12H,1,4-5,8-11H2,(H,18,21). The number of piperidine rings is 1. The lowest BCUT2D eigenvalue weighted by molar-refractivity contribution is 0.0919. The Morgan fingerprint density at radius 2 is 1.95 bits per heavy atom. The summed E-state index contributed by atoms with van der Waals surface area (Å²) < 4.78 is 5.52. The quantitative estimate of drug-likeness (QED) is 0.938. The lowest BCUT2D eigenvalue weighted by Gasteiger charge is -2.26. The Morgan fingerprint density at radius 1 is 1.18 bits per heavy atom. The minimum atomic E-state index is -0.333. The van der Waals surface area contributed by atoms with Crippen molar-refractivity contribution in [1.82, 2.24) is 10.2 Å². The fourth-order valence-electron chi connectivity index (χ4n) is 2.81. The molecule has 1 saturated heterocycles. The Hall–Kier alpha value is -2.14. The van der Waals surface area contributed by atoms with E-state index in [1.54, 1.807) is 24.3 Å². The lowest BCUT2D eigenvalue weighted by atomic mass is 10.1. The highest BCUT2D eigenvalue weighted by Gasteiger charge is 2.13. The molecule has 1 aromatic carbocycles. The van der Waals surface area contributed by atoms with Crippen molar-refractivity contribution in [3.63, 3.8) is 0 Å². The number of benzene rings is 1. The smallest absolute Gasteiger partial charge is 0.287 e. The van der Waals surface area contributed by atoms with Gasteiger partial charge in [0.2, 0.25) is 0 Å². The molecule has 0 aliphatic carbocycles. The minimum absolute atomic E-state index is 0.0716. The summed E-state index contributed by atoms with van der Waals surface area (Å²) in [5, 5.41) is 3.32. The number of para-hydroxylation sites is 1. The highest BCUT2D eigenvalue weighted by Crippen LogP contribution is 2.11. The molecule has 1 amide bonds. The number of carbonyl (C=O) groups is 1. The molecule has 1 N–H and O–H groups in total. The molecule has 0 spiro atoms. The fraction of sp³-hybridized carbons (Fsp3) is 0.412. The molecular formula is C17H20N2O3. The van der Waals surface area contributed by atoms with Crippen LogP contribution < -0.4 is 10.7 Å². The predicted molar refractivity (Wildman–Crippen MR) is 85.1 cm³/mol. The first-order chi connectivity index (χ1) is 10.7. The van der Waals surface area contributed by atoms with Gasteiger partial charge in [0.05, 0.1) is 5.39 Å². The molecule has 0 atom stereocenters. The van der Waals surface area contributed by atoms with Crippen LogP contribution in [0.4, 0.5) is 0 Å². The number of fused-ring (bicyclic) bond motifs is 1. The summed E-state index contributed by atoms with van der Waals surface area (Å²) in [7, 11) is 0. The molecule has 0 saturated carbocycles. The summed E-state index contributed by atoms with van der Waals surface area (Å²) in [6.07, 6.45) is 3.76. The van der Waals surface area contributed by atoms with Crippen molar-refractivity contribution in [1.29, 1.82) is 0 Å². The number of hydrogen-bond acceptors (Lipinski definition) is 4. The average Bonchev–Trinajstić information content (AvgIpc) is 2.56. The number of carbonyl (C=O) groups excluding carboxylic acids is 1. The molecule has 2 aromatic rings. The van der Waals surface area contributed by atoms with Crippen LogP contribution in [0.15, 0.2) is 39.5 Å². The van der Waals surface area contributed by atoms with E-state index in [2.05, 4.69) is 10.2 Å². The normalized spacial score (nSPS) is 15.8. The van der Waals surface area contributed by atoms with Crippen molar-refractivity contribution in [2.75, 3.05) is 26.2 Å². The number of likely N-dealkylation sites (tertiary alicyclic amines) is 1. The van der Waals surface area contributed by atoms with E-state index in [4.69, 9.17) is 4.42 Å². The third kappa shape index (κ3) is 3.36. The molecular weight excluding hydrogens is 280 g/mol. The molecule has 0 radical (unpaired) electrons. The van der Waals surface area contributed by atoms with E-state index in [1.807, 2.05) is 0 Å². The molecule has 1 aromatic heterocycles. The Bertz CT molecular complexity index is 717. The van der Waals surface area contributed by atoms with Crippen molar-refractivity contribution in [2.24, 2.45) is 0 Å². The molecule has 2 heterocycles. The van der Waals surface area contributed by atoms with Gasteiger partial charge in [-0.1, -0.05) is 18.6 Å². The minimum Gasteiger partial charge on any atom is -0.451 e. The molecule has 5 heteroatoms. The van der Waals surface area contributed by atoms with Crippen molar-refractivity contribution in [3.8, 4) is 0 Å². The monoisotopic (exact) mass is 300 g/mol. The summed E-state index contributed by atoms with van der Waals surface area (Å²) >= 11 is 0. The van der Waals surface area contributed by atoms with Crippen LogP contribution in [-0.4, -0.2) is 37.0 Å². The first-order valence-corrected chi connectivity index (χ1v) is 7.77. The van der Waals surface area contributed by atoms with Gasteiger partial charge in [-0.15, -0.1) is 0 Å². The zero-order valence-corrected chi connectivity index (χ0v) is 12.5. The molecule has 5 nitrogen and oxygen atoms in total. The van der Waals surface area contributed by atoms with Crippen molar-refractivity contribution < 1.29 is 9.21 Å². The van der Waals surface area contributed by atoms with Gasteiger partial charge in [0.1, 0.15) is 5.58 Å². The van der Waals surface area contributed by atoms with Crippen LogP contribution in [0.1, 0.15) is 29.8 Å². The van der Waals surface area contributed by atoms with Gasteiger partial charge in [-0.25, -0.2) is 0 Å². The number of amides is 1. The molecule has 1 aliphatic heterocycles. The van der Waals surface area contributed by atoms with Crippen LogP contribution in [0.3, 0.4) is 0 Å². The second kappa shape index (κ2) is 6.75. The maximum absolute atomic E-state index is 12.1. The summed E-state index contributed by atoms with van der Waals surface area (Å²) in [5.74, 6) is -0.262. The van der Waals surface area contributed by atoms with Gasteiger partial charge >= 0.3 is 0 Å². The predicted octanol–water partition coefficient (Wildman–Crippen LogP) is 2.01. The third-order valence-electron chi connectivity index (χ3n) is 4.02. The molecule has 3 rings (SSSR count). The highest BCUT2D eigenvalue weighted by atomic mass is 16.3. The second-order valence-electron chi connectivity index (χ2n) is 5.63. The van der Waals surface area contributed by atoms with Crippen LogP contribution in [0.5, 0.6) is 0 Å². The van der Waals surface area contributed by atoms with E-state index in [1.165, 1.54) is 25.3 Å². The van der Waals surface area contributed by atoms with Gasteiger partial charge in [-0.05, 0) is 38.1 Å². The van der Waals surface area contributed by atoms with Gasteiger partial charge < -0.3 is 14.6 Å². The van der Waals surface area contributed by atoms with E-state index in [-0.39, 0.29) is 17.1 Å². The number of hydrogen-bond donors (Lipinski definition) is 1. The van der Waals surface area contributed by atoms with E-state index in [0.29, 0.717) is 17.5 Å². The fourth-order valence-corrected chi connectivity index (χ4v) is 2.81. The Kier molecular flexibility index (Phi) is 4.53. The number of rotatable bonds is 4. The zero-order valence-electron chi connectivity index (χ0n) is 12.5. The van der Waals surface area contributed by atoms with Crippen LogP contribution >= 0.6 is 0 Å². The first kappa shape index (κ1) is 14.8. The lowest BCUT2D eigenvalue weighted by Crippen LogP contribution is -2.37. The molecule has 0 bridgehead atoms. The molecule has 22 heavy (non-hydrogen) atoms. The topological polar surface area (TPSA) is 62.6 Å². The number of nitrogens with zero attached hydrogens (tertiary/aromatic N) is 1. The molecule has 1 aliphatic rings.